The number of nitrogens with one attached hydrogen (secondary N) is 1. The molecule has 1 aromatic rings. The van der Waals surface area contributed by atoms with Crippen LogP contribution in [-0.2, 0) is 14.8 Å². The first kappa shape index (κ1) is 18.2. The highest BCUT2D eigenvalue weighted by Crippen LogP contribution is 2.19. The Labute approximate surface area is 141 Å². The quantitative estimate of drug-likeness (QED) is 0.727. The molecule has 0 saturated carbocycles. The van der Waals surface area contributed by atoms with Gasteiger partial charge in [-0.2, -0.15) is 0 Å². The molecule has 1 saturated heterocycles. The predicted molar refractivity (Wildman–Crippen MR) is 89.6 cm³/mol. The summed E-state index contributed by atoms with van der Waals surface area (Å²) >= 11 is 0. The molecule has 1 heterocycles. The topological polar surface area (TPSA) is 110 Å². The average Bonchev–Trinajstić information content (AvgIpc) is 2.59. The van der Waals surface area contributed by atoms with Gasteiger partial charge in [-0.1, -0.05) is 6.08 Å². The van der Waals surface area contributed by atoms with Crippen molar-refractivity contribution in [3.8, 4) is 0 Å². The van der Waals surface area contributed by atoms with Crippen LogP contribution in [0.25, 0.3) is 0 Å². The first-order valence-electron chi connectivity index (χ1n) is 7.64. The van der Waals surface area contributed by atoms with E-state index in [2.05, 4.69) is 11.3 Å². The molecule has 1 aliphatic heterocycles. The number of likely N-dealkylation sites (tertiary alicyclic amines) is 1. The SMILES string of the molecule is C=CCNS(=O)(=O)c1ccc(C(=O)N2CCC(C(N)=O)CC2)cc1. The molecule has 0 atom stereocenters. The number of piperidine rings is 1. The molecular weight excluding hydrogens is 330 g/mol. The molecule has 24 heavy (non-hydrogen) atoms. The van der Waals surface area contributed by atoms with Gasteiger partial charge < -0.3 is 10.6 Å². The van der Waals surface area contributed by atoms with Gasteiger partial charge in [0.05, 0.1) is 4.90 Å². The Hall–Kier alpha value is -2.19. The van der Waals surface area contributed by atoms with Crippen molar-refractivity contribution in [1.82, 2.24) is 9.62 Å². The zero-order valence-electron chi connectivity index (χ0n) is 13.3. The second-order valence-electron chi connectivity index (χ2n) is 5.63. The number of benzene rings is 1. The van der Waals surface area contributed by atoms with Crippen LogP contribution in [0.15, 0.2) is 41.8 Å². The summed E-state index contributed by atoms with van der Waals surface area (Å²) in [5.41, 5.74) is 5.69. The first-order chi connectivity index (χ1) is 11.3. The minimum Gasteiger partial charge on any atom is -0.369 e. The fourth-order valence-electron chi connectivity index (χ4n) is 2.58. The minimum atomic E-state index is -3.60. The van der Waals surface area contributed by atoms with Gasteiger partial charge in [-0.15, -0.1) is 6.58 Å². The molecule has 0 bridgehead atoms. The zero-order valence-corrected chi connectivity index (χ0v) is 14.1. The molecule has 2 rings (SSSR count). The van der Waals surface area contributed by atoms with Crippen molar-refractivity contribution >= 4 is 21.8 Å². The third kappa shape index (κ3) is 4.21. The summed E-state index contributed by atoms with van der Waals surface area (Å²) in [6.07, 6.45) is 2.56. The minimum absolute atomic E-state index is 0.0911. The molecule has 8 heteroatoms. The number of sulfonamides is 1. The molecule has 0 aromatic heterocycles. The van der Waals surface area contributed by atoms with Crippen molar-refractivity contribution in [3.63, 3.8) is 0 Å². The maximum absolute atomic E-state index is 12.4. The smallest absolute Gasteiger partial charge is 0.253 e. The van der Waals surface area contributed by atoms with Crippen molar-refractivity contribution in [2.45, 2.75) is 17.7 Å². The van der Waals surface area contributed by atoms with E-state index in [-0.39, 0.29) is 29.2 Å². The van der Waals surface area contributed by atoms with Gasteiger partial charge in [0.15, 0.2) is 0 Å². The van der Waals surface area contributed by atoms with E-state index in [1.807, 2.05) is 0 Å². The van der Waals surface area contributed by atoms with E-state index in [1.54, 1.807) is 4.90 Å². The van der Waals surface area contributed by atoms with Crippen molar-refractivity contribution in [2.75, 3.05) is 19.6 Å². The summed E-state index contributed by atoms with van der Waals surface area (Å²) in [6, 6.07) is 5.78. The lowest BCUT2D eigenvalue weighted by atomic mass is 9.96. The van der Waals surface area contributed by atoms with Crippen LogP contribution in [0.1, 0.15) is 23.2 Å². The van der Waals surface area contributed by atoms with Crippen LogP contribution in [-0.4, -0.2) is 44.8 Å². The maximum Gasteiger partial charge on any atom is 0.253 e. The van der Waals surface area contributed by atoms with E-state index in [0.29, 0.717) is 31.5 Å². The second-order valence-corrected chi connectivity index (χ2v) is 7.40. The van der Waals surface area contributed by atoms with Crippen LogP contribution >= 0.6 is 0 Å². The number of hydrogen-bond acceptors (Lipinski definition) is 4. The van der Waals surface area contributed by atoms with Gasteiger partial charge in [0.2, 0.25) is 15.9 Å². The summed E-state index contributed by atoms with van der Waals surface area (Å²) in [4.78, 5) is 25.3. The van der Waals surface area contributed by atoms with Crippen LogP contribution in [0.5, 0.6) is 0 Å². The molecular formula is C16H21N3O4S. The highest BCUT2D eigenvalue weighted by atomic mass is 32.2. The number of amides is 2. The van der Waals surface area contributed by atoms with E-state index >= 15 is 0 Å². The van der Waals surface area contributed by atoms with Gasteiger partial charge in [0.25, 0.3) is 5.91 Å². The van der Waals surface area contributed by atoms with Gasteiger partial charge in [0, 0.05) is 31.1 Å². The number of carbonyl (C=O) groups excluding carboxylic acids is 2. The first-order valence-corrected chi connectivity index (χ1v) is 9.12. The summed E-state index contributed by atoms with van der Waals surface area (Å²) in [6.45, 7) is 4.52. The van der Waals surface area contributed by atoms with Gasteiger partial charge >= 0.3 is 0 Å². The van der Waals surface area contributed by atoms with Gasteiger partial charge in [-0.25, -0.2) is 13.1 Å². The number of hydrogen-bond donors (Lipinski definition) is 2. The monoisotopic (exact) mass is 351 g/mol. The third-order valence-electron chi connectivity index (χ3n) is 4.01. The number of carbonyl (C=O) groups is 2. The van der Waals surface area contributed by atoms with Crippen molar-refractivity contribution in [1.29, 1.82) is 0 Å². The molecule has 3 N–H and O–H groups in total. The lowest BCUT2D eigenvalue weighted by molar-refractivity contribution is -0.123. The summed E-state index contributed by atoms with van der Waals surface area (Å²) in [5, 5.41) is 0. The molecule has 0 radical (unpaired) electrons. The van der Waals surface area contributed by atoms with E-state index < -0.39 is 10.0 Å². The molecule has 1 fully saturated rings. The summed E-state index contributed by atoms with van der Waals surface area (Å²) in [5.74, 6) is -0.692. The Bertz CT molecular complexity index is 720. The molecule has 7 nitrogen and oxygen atoms in total. The van der Waals surface area contributed by atoms with Gasteiger partial charge in [-0.05, 0) is 37.1 Å². The van der Waals surface area contributed by atoms with Crippen molar-refractivity contribution < 1.29 is 18.0 Å². The number of primary amides is 1. The van der Waals surface area contributed by atoms with E-state index in [4.69, 9.17) is 5.73 Å². The Morgan fingerprint density at radius 1 is 1.25 bits per heavy atom. The number of rotatable bonds is 6. The molecule has 1 aliphatic rings. The van der Waals surface area contributed by atoms with Crippen molar-refractivity contribution in [2.24, 2.45) is 11.7 Å². The maximum atomic E-state index is 12.4. The van der Waals surface area contributed by atoms with Crippen molar-refractivity contribution in [3.05, 3.63) is 42.5 Å². The largest absolute Gasteiger partial charge is 0.369 e. The van der Waals surface area contributed by atoms with E-state index in [0.717, 1.165) is 0 Å². The van der Waals surface area contributed by atoms with Crippen LogP contribution in [0.3, 0.4) is 0 Å². The summed E-state index contributed by atoms with van der Waals surface area (Å²) in [7, 11) is -3.60. The van der Waals surface area contributed by atoms with Gasteiger partial charge in [0.1, 0.15) is 0 Å². The molecule has 2 amide bonds. The van der Waals surface area contributed by atoms with Gasteiger partial charge in [-0.3, -0.25) is 9.59 Å². The fraction of sp³-hybridized carbons (Fsp3) is 0.375. The Balaban J connectivity index is 2.04. The fourth-order valence-corrected chi connectivity index (χ4v) is 3.58. The standard InChI is InChI=1S/C16H21N3O4S/c1-2-9-18-24(22,23)14-5-3-13(4-6-14)16(21)19-10-7-12(8-11-19)15(17)20/h2-6,12,18H,1,7-11H2,(H2,17,20). The molecule has 0 unspecified atom stereocenters. The highest BCUT2D eigenvalue weighted by molar-refractivity contribution is 7.89. The number of nitrogens with two attached hydrogens (primary N) is 1. The highest BCUT2D eigenvalue weighted by Gasteiger charge is 2.26. The molecule has 0 spiro atoms. The van der Waals surface area contributed by atoms with E-state index in [9.17, 15) is 18.0 Å². The van der Waals surface area contributed by atoms with Crippen LogP contribution in [0, 0.1) is 5.92 Å². The summed E-state index contributed by atoms with van der Waals surface area (Å²) < 4.78 is 26.3. The third-order valence-corrected chi connectivity index (χ3v) is 5.45. The second kappa shape index (κ2) is 7.59. The van der Waals surface area contributed by atoms with Crippen LogP contribution < -0.4 is 10.5 Å². The lowest BCUT2D eigenvalue weighted by Gasteiger charge is -2.30. The average molecular weight is 351 g/mol. The van der Waals surface area contributed by atoms with Crippen LogP contribution in [0.2, 0.25) is 0 Å². The Kier molecular flexibility index (Phi) is 5.74. The lowest BCUT2D eigenvalue weighted by Crippen LogP contribution is -2.41. The Morgan fingerprint density at radius 2 is 1.83 bits per heavy atom. The molecule has 130 valence electrons. The van der Waals surface area contributed by atoms with E-state index in [1.165, 1.54) is 30.3 Å². The normalized spacial score (nSPS) is 15.9. The zero-order chi connectivity index (χ0) is 17.7. The molecule has 0 aliphatic carbocycles. The van der Waals surface area contributed by atoms with Crippen LogP contribution in [0.4, 0.5) is 0 Å². The Morgan fingerprint density at radius 3 is 2.33 bits per heavy atom. The predicted octanol–water partition coefficient (Wildman–Crippen LogP) is 0.488. The molecule has 1 aromatic carbocycles. The number of nitrogens with zero attached hydrogens (tertiary/aromatic N) is 1.